The van der Waals surface area contributed by atoms with Gasteiger partial charge in [-0.2, -0.15) is 4.31 Å². The van der Waals surface area contributed by atoms with Crippen molar-refractivity contribution >= 4 is 57.5 Å². The van der Waals surface area contributed by atoms with E-state index in [1.54, 1.807) is 30.3 Å². The third-order valence-corrected chi connectivity index (χ3v) is 11.1. The molecule has 0 spiro atoms. The van der Waals surface area contributed by atoms with Gasteiger partial charge in [0.15, 0.2) is 0 Å². The molecule has 0 saturated heterocycles. The summed E-state index contributed by atoms with van der Waals surface area (Å²) in [6.45, 7) is 19.9. The zero-order chi connectivity index (χ0) is 51.4. The SMILES string of the molecule is CC.CC.CC(C)N(CCc1c2c(nc3ccccc13)-c1cc3c(c(=O)n1C2)COC(=O)C3OC(=O)OCc1ccc(NC(=O)CNC=O)cc1)S(C)(=O)=O.CCCCN.CCOCC.NC=O. The number of hydrogen-bond acceptors (Lipinski definition) is 14. The number of esters is 1. The van der Waals surface area contributed by atoms with Crippen LogP contribution in [0.1, 0.15) is 109 Å². The second-order valence-electron chi connectivity index (χ2n) is 14.5. The number of fused-ring (bicyclic) bond motifs is 5. The number of pyridine rings is 2. The summed E-state index contributed by atoms with van der Waals surface area (Å²) < 4.78 is 48.8. The Morgan fingerprint density at radius 1 is 1.00 bits per heavy atom. The van der Waals surface area contributed by atoms with E-state index < -0.39 is 39.7 Å². The molecule has 376 valence electrons. The number of primary amides is 1. The largest absolute Gasteiger partial charge is 0.509 e. The van der Waals surface area contributed by atoms with E-state index in [-0.39, 0.29) is 56.4 Å². The maximum Gasteiger partial charge on any atom is 0.509 e. The predicted octanol–water partition coefficient (Wildman–Crippen LogP) is 5.72. The first-order valence-corrected chi connectivity index (χ1v) is 24.6. The first kappa shape index (κ1) is 59.8. The van der Waals surface area contributed by atoms with E-state index in [4.69, 9.17) is 34.5 Å². The van der Waals surface area contributed by atoms with Crippen molar-refractivity contribution in [3.8, 4) is 11.4 Å². The Labute approximate surface area is 400 Å². The van der Waals surface area contributed by atoms with Gasteiger partial charge in [-0.05, 0) is 82.5 Å². The quantitative estimate of drug-likeness (QED) is 0.0681. The van der Waals surface area contributed by atoms with Crippen LogP contribution in [-0.2, 0) is 74.3 Å². The number of anilines is 1. The molecule has 4 aromatic rings. The number of amides is 3. The van der Waals surface area contributed by atoms with Gasteiger partial charge in [-0.3, -0.25) is 19.2 Å². The molecule has 2 aromatic carbocycles. The van der Waals surface area contributed by atoms with Gasteiger partial charge in [-0.15, -0.1) is 0 Å². The zero-order valence-electron chi connectivity index (χ0n) is 41.1. The number of carbonyl (C=O) groups is 5. The number of para-hydroxylation sites is 1. The van der Waals surface area contributed by atoms with Crippen molar-refractivity contribution in [2.24, 2.45) is 11.5 Å². The average molecular weight is 970 g/mol. The molecule has 20 heteroatoms. The number of sulfonamides is 1. The first-order valence-electron chi connectivity index (χ1n) is 22.7. The number of unbranched alkanes of at least 4 members (excludes halogenated alkanes) is 1. The Kier molecular flexibility index (Phi) is 27.9. The topological polar surface area (TPSA) is 271 Å². The minimum absolute atomic E-state index is 0.152. The number of hydrogen-bond donors (Lipinski definition) is 4. The first-order chi connectivity index (χ1) is 32.6. The lowest BCUT2D eigenvalue weighted by Crippen LogP contribution is -2.37. The maximum absolute atomic E-state index is 13.9. The summed E-state index contributed by atoms with van der Waals surface area (Å²) in [5.41, 5.74) is 13.4. The van der Waals surface area contributed by atoms with Crippen LogP contribution in [0.15, 0.2) is 59.4 Å². The fraction of sp³-hybridized carbons (Fsp3) is 0.479. The standard InChI is InChI=1S/C35H35N5O10S.C4H11N.C4H10O.2C2H6.CH3NO/c1-20(2)40(51(3,46)47)13-12-23-24-6-4-5-7-28(24)38-31-26(23)16-39-29(31)14-25-27(33(39)43)18-48-34(44)32(25)50-35(45)49-17-21-8-10-22(11-9-21)37-30(42)15-36-19-41;1-2-3-4-5;1-3-5-4-2;2*1-2;2-1-3/h4-11,14,19-20,32H,12-13,15-18H2,1-3H3,(H,36,41)(H,37,42);2-5H2,1H3;3-4H2,1-2H3;2*1-2H3;1H,(H2,2,3). The van der Waals surface area contributed by atoms with E-state index in [0.717, 1.165) is 36.3 Å². The number of carbonyl (C=O) groups excluding carboxylic acids is 5. The summed E-state index contributed by atoms with van der Waals surface area (Å²) in [7, 11) is -3.48. The molecular formula is C48H71N7O12S. The van der Waals surface area contributed by atoms with Crippen molar-refractivity contribution in [2.75, 3.05) is 44.4 Å². The predicted molar refractivity (Wildman–Crippen MR) is 263 cm³/mol. The Hall–Kier alpha value is -6.22. The summed E-state index contributed by atoms with van der Waals surface area (Å²) >= 11 is 0. The number of cyclic esters (lactones) is 1. The molecule has 2 aliphatic heterocycles. The highest BCUT2D eigenvalue weighted by Crippen LogP contribution is 2.39. The van der Waals surface area contributed by atoms with E-state index in [2.05, 4.69) is 23.3 Å². The molecule has 0 radical (unpaired) electrons. The van der Waals surface area contributed by atoms with Gasteiger partial charge in [-0.25, -0.2) is 23.0 Å². The number of ether oxygens (including phenoxy) is 4. The fourth-order valence-electron chi connectivity index (χ4n) is 6.78. The summed E-state index contributed by atoms with van der Waals surface area (Å²) in [5.74, 6) is -1.29. The van der Waals surface area contributed by atoms with Gasteiger partial charge in [0.2, 0.25) is 34.9 Å². The Morgan fingerprint density at radius 3 is 2.16 bits per heavy atom. The maximum atomic E-state index is 13.9. The lowest BCUT2D eigenvalue weighted by atomic mass is 9.97. The van der Waals surface area contributed by atoms with E-state index in [1.807, 2.05) is 79.7 Å². The van der Waals surface area contributed by atoms with E-state index >= 15 is 0 Å². The molecule has 2 aromatic heterocycles. The molecule has 0 aliphatic carbocycles. The molecule has 1 atom stereocenters. The number of nitrogens with one attached hydrogen (secondary N) is 2. The molecule has 6 N–H and O–H groups in total. The second-order valence-corrected chi connectivity index (χ2v) is 16.4. The van der Waals surface area contributed by atoms with Crippen LogP contribution in [0.25, 0.3) is 22.3 Å². The molecule has 3 amide bonds. The summed E-state index contributed by atoms with van der Waals surface area (Å²) in [6, 6.07) is 15.2. The fourth-order valence-corrected chi connectivity index (χ4v) is 7.97. The monoisotopic (exact) mass is 969 g/mol. The summed E-state index contributed by atoms with van der Waals surface area (Å²) in [6.07, 6.45) is 1.85. The number of rotatable bonds is 16. The van der Waals surface area contributed by atoms with Crippen LogP contribution in [0.5, 0.6) is 0 Å². The normalized spacial score (nSPS) is 12.7. The Balaban J connectivity index is 0.00000118. The minimum Gasteiger partial charge on any atom is -0.458 e. The Morgan fingerprint density at radius 2 is 1.63 bits per heavy atom. The number of nitrogens with two attached hydrogens (primary N) is 2. The van der Waals surface area contributed by atoms with E-state index in [0.29, 0.717) is 41.0 Å². The smallest absolute Gasteiger partial charge is 0.458 e. The average Bonchev–Trinajstić information content (AvgIpc) is 3.69. The van der Waals surface area contributed by atoms with Crippen molar-refractivity contribution in [2.45, 2.75) is 113 Å². The van der Waals surface area contributed by atoms with E-state index in [1.165, 1.54) is 28.0 Å². The van der Waals surface area contributed by atoms with Gasteiger partial charge in [0, 0.05) is 48.0 Å². The molecule has 0 saturated carbocycles. The number of benzene rings is 2. The summed E-state index contributed by atoms with van der Waals surface area (Å²) in [4.78, 5) is 75.3. The Bertz CT molecular complexity index is 2380. The second kappa shape index (κ2) is 31.7. The highest BCUT2D eigenvalue weighted by molar-refractivity contribution is 7.88. The van der Waals surface area contributed by atoms with Crippen LogP contribution in [0.4, 0.5) is 10.5 Å². The summed E-state index contributed by atoms with van der Waals surface area (Å²) in [5, 5.41) is 5.70. The molecule has 19 nitrogen and oxygen atoms in total. The van der Waals surface area contributed by atoms with Gasteiger partial charge < -0.3 is 45.6 Å². The van der Waals surface area contributed by atoms with Crippen molar-refractivity contribution in [1.29, 1.82) is 0 Å². The molecule has 4 heterocycles. The molecule has 68 heavy (non-hydrogen) atoms. The van der Waals surface area contributed by atoms with Gasteiger partial charge in [0.25, 0.3) is 5.56 Å². The van der Waals surface area contributed by atoms with Crippen molar-refractivity contribution < 1.29 is 51.3 Å². The lowest BCUT2D eigenvalue weighted by Gasteiger charge is -2.24. The van der Waals surface area contributed by atoms with Crippen LogP contribution >= 0.6 is 0 Å². The lowest BCUT2D eigenvalue weighted by molar-refractivity contribution is -0.159. The zero-order valence-corrected chi connectivity index (χ0v) is 41.9. The molecule has 1 unspecified atom stereocenters. The number of aromatic nitrogens is 2. The van der Waals surface area contributed by atoms with E-state index in [9.17, 15) is 32.4 Å². The minimum atomic E-state index is -3.48. The molecule has 6 rings (SSSR count). The van der Waals surface area contributed by atoms with Crippen LogP contribution in [0, 0.1) is 0 Å². The van der Waals surface area contributed by atoms with Crippen LogP contribution in [-0.4, -0.2) is 98.3 Å². The van der Waals surface area contributed by atoms with Crippen molar-refractivity contribution in [3.63, 3.8) is 0 Å². The molecule has 2 aliphatic rings. The highest BCUT2D eigenvalue weighted by atomic mass is 32.2. The third kappa shape index (κ3) is 17.8. The molecular weight excluding hydrogens is 899 g/mol. The van der Waals surface area contributed by atoms with Gasteiger partial charge in [-0.1, -0.05) is 71.4 Å². The van der Waals surface area contributed by atoms with Crippen molar-refractivity contribution in [3.05, 3.63) is 92.8 Å². The molecule has 0 fully saturated rings. The van der Waals surface area contributed by atoms with Gasteiger partial charge in [0.1, 0.15) is 13.2 Å². The van der Waals surface area contributed by atoms with Crippen LogP contribution < -0.4 is 27.7 Å². The van der Waals surface area contributed by atoms with Crippen LogP contribution in [0.3, 0.4) is 0 Å². The third-order valence-electron chi connectivity index (χ3n) is 9.66. The van der Waals surface area contributed by atoms with Crippen molar-refractivity contribution in [1.82, 2.24) is 19.2 Å². The van der Waals surface area contributed by atoms with Crippen LogP contribution in [0.2, 0.25) is 0 Å². The number of nitrogens with zero attached hydrogens (tertiary/aromatic N) is 3. The van der Waals surface area contributed by atoms with Gasteiger partial charge in [0.05, 0.1) is 41.8 Å². The highest BCUT2D eigenvalue weighted by Gasteiger charge is 2.38. The molecule has 0 bridgehead atoms. The van der Waals surface area contributed by atoms with Gasteiger partial charge >= 0.3 is 12.1 Å².